The molecule has 0 amide bonds. The largest absolute Gasteiger partial charge is 0.397 e. The number of nitrogens with two attached hydrogens (primary N) is 1. The molecule has 2 N–H and O–H groups in total. The van der Waals surface area contributed by atoms with E-state index in [0.29, 0.717) is 12.6 Å². The van der Waals surface area contributed by atoms with Crippen molar-refractivity contribution in [1.29, 1.82) is 0 Å². The number of rotatable bonds is 6. The fraction of sp³-hybridized carbons (Fsp3) is 0.438. The molecule has 1 heterocycles. The van der Waals surface area contributed by atoms with Crippen LogP contribution in [0, 0.1) is 0 Å². The van der Waals surface area contributed by atoms with Crippen LogP contribution in [0.25, 0.3) is 10.8 Å². The molecule has 1 atom stereocenters. The van der Waals surface area contributed by atoms with Gasteiger partial charge in [-0.25, -0.2) is 0 Å². The van der Waals surface area contributed by atoms with E-state index < -0.39 is 0 Å². The van der Waals surface area contributed by atoms with Gasteiger partial charge in [0.15, 0.2) is 0 Å². The van der Waals surface area contributed by atoms with Crippen LogP contribution in [0.3, 0.4) is 0 Å². The molecule has 0 aliphatic carbocycles. The summed E-state index contributed by atoms with van der Waals surface area (Å²) in [6.07, 6.45) is 4.70. The van der Waals surface area contributed by atoms with Gasteiger partial charge in [0, 0.05) is 42.9 Å². The standard InChI is InChI=1S/C16H23N3O/c1-4-12(2)19(9-10-20-3)15-6-5-13-11-18-8-7-14(13)16(15)17/h5-8,11-12H,4,9-10,17H2,1-3H3. The summed E-state index contributed by atoms with van der Waals surface area (Å²) >= 11 is 0. The number of fused-ring (bicyclic) bond motifs is 1. The zero-order valence-corrected chi connectivity index (χ0v) is 12.5. The van der Waals surface area contributed by atoms with Crippen molar-refractivity contribution in [2.75, 3.05) is 30.9 Å². The number of benzene rings is 1. The molecule has 1 aromatic heterocycles. The van der Waals surface area contributed by atoms with Crippen LogP contribution in [-0.2, 0) is 4.74 Å². The Morgan fingerprint density at radius 1 is 1.35 bits per heavy atom. The fourth-order valence-electron chi connectivity index (χ4n) is 2.42. The first-order valence-corrected chi connectivity index (χ1v) is 7.06. The normalized spacial score (nSPS) is 12.6. The van der Waals surface area contributed by atoms with Gasteiger partial charge in [0.2, 0.25) is 0 Å². The molecule has 0 spiro atoms. The number of anilines is 2. The van der Waals surface area contributed by atoms with Crippen LogP contribution in [0.4, 0.5) is 11.4 Å². The van der Waals surface area contributed by atoms with E-state index in [9.17, 15) is 0 Å². The molecule has 108 valence electrons. The van der Waals surface area contributed by atoms with Crippen LogP contribution >= 0.6 is 0 Å². The molecule has 20 heavy (non-hydrogen) atoms. The monoisotopic (exact) mass is 273 g/mol. The summed E-state index contributed by atoms with van der Waals surface area (Å²) in [6, 6.07) is 6.56. The minimum absolute atomic E-state index is 0.423. The minimum atomic E-state index is 0.423. The fourth-order valence-corrected chi connectivity index (χ4v) is 2.42. The highest BCUT2D eigenvalue weighted by atomic mass is 16.5. The lowest BCUT2D eigenvalue weighted by molar-refractivity contribution is 0.203. The summed E-state index contributed by atoms with van der Waals surface area (Å²) in [5, 5.41) is 2.13. The number of hydrogen-bond acceptors (Lipinski definition) is 4. The van der Waals surface area contributed by atoms with Crippen molar-refractivity contribution < 1.29 is 4.74 Å². The lowest BCUT2D eigenvalue weighted by atomic mass is 10.1. The highest BCUT2D eigenvalue weighted by molar-refractivity contribution is 5.98. The van der Waals surface area contributed by atoms with Crippen LogP contribution in [-0.4, -0.2) is 31.3 Å². The lowest BCUT2D eigenvalue weighted by Crippen LogP contribution is -2.36. The summed E-state index contributed by atoms with van der Waals surface area (Å²) in [7, 11) is 1.73. The highest BCUT2D eigenvalue weighted by Crippen LogP contribution is 2.32. The zero-order chi connectivity index (χ0) is 14.5. The SMILES string of the molecule is CCC(C)N(CCOC)c1ccc2cnccc2c1N. The van der Waals surface area contributed by atoms with Crippen molar-refractivity contribution in [3.05, 3.63) is 30.6 Å². The predicted molar refractivity (Wildman–Crippen MR) is 85.1 cm³/mol. The van der Waals surface area contributed by atoms with Gasteiger partial charge < -0.3 is 15.4 Å². The van der Waals surface area contributed by atoms with Crippen LogP contribution in [0.2, 0.25) is 0 Å². The van der Waals surface area contributed by atoms with Gasteiger partial charge in [0.05, 0.1) is 18.0 Å². The topological polar surface area (TPSA) is 51.4 Å². The van der Waals surface area contributed by atoms with Crippen molar-refractivity contribution in [2.45, 2.75) is 26.3 Å². The van der Waals surface area contributed by atoms with Crippen LogP contribution in [0.5, 0.6) is 0 Å². The third-order valence-electron chi connectivity index (χ3n) is 3.81. The third kappa shape index (κ3) is 2.85. The quantitative estimate of drug-likeness (QED) is 0.822. The zero-order valence-electron chi connectivity index (χ0n) is 12.5. The molecule has 0 saturated carbocycles. The highest BCUT2D eigenvalue weighted by Gasteiger charge is 2.16. The molecule has 0 radical (unpaired) electrons. The Kier molecular flexibility index (Phi) is 4.79. The number of nitrogens with zero attached hydrogens (tertiary/aromatic N) is 2. The van der Waals surface area contributed by atoms with Gasteiger partial charge in [-0.3, -0.25) is 4.98 Å². The van der Waals surface area contributed by atoms with Gasteiger partial charge in [0.1, 0.15) is 0 Å². The van der Waals surface area contributed by atoms with Crippen molar-refractivity contribution >= 4 is 22.1 Å². The van der Waals surface area contributed by atoms with E-state index in [2.05, 4.69) is 35.9 Å². The Labute approximate surface area is 120 Å². The first-order chi connectivity index (χ1) is 9.69. The number of pyridine rings is 1. The van der Waals surface area contributed by atoms with Gasteiger partial charge in [-0.05, 0) is 25.5 Å². The second-order valence-electron chi connectivity index (χ2n) is 5.04. The molecular weight excluding hydrogens is 250 g/mol. The average molecular weight is 273 g/mol. The van der Waals surface area contributed by atoms with E-state index in [1.165, 1.54) is 0 Å². The molecule has 0 fully saturated rings. The number of aromatic nitrogens is 1. The van der Waals surface area contributed by atoms with Gasteiger partial charge >= 0.3 is 0 Å². The molecule has 1 aromatic carbocycles. The Hall–Kier alpha value is -1.81. The van der Waals surface area contributed by atoms with Crippen LogP contribution < -0.4 is 10.6 Å². The summed E-state index contributed by atoms with van der Waals surface area (Å²) < 4.78 is 5.22. The van der Waals surface area contributed by atoms with Crippen molar-refractivity contribution in [2.24, 2.45) is 0 Å². The van der Waals surface area contributed by atoms with Crippen LogP contribution in [0.1, 0.15) is 20.3 Å². The molecule has 0 aliphatic rings. The van der Waals surface area contributed by atoms with Crippen LogP contribution in [0.15, 0.2) is 30.6 Å². The van der Waals surface area contributed by atoms with Crippen molar-refractivity contribution in [3.8, 4) is 0 Å². The third-order valence-corrected chi connectivity index (χ3v) is 3.81. The number of methoxy groups -OCH3 is 1. The maximum atomic E-state index is 6.37. The van der Waals surface area contributed by atoms with Gasteiger partial charge in [-0.15, -0.1) is 0 Å². The smallest absolute Gasteiger partial charge is 0.0637 e. The Morgan fingerprint density at radius 2 is 2.15 bits per heavy atom. The molecule has 0 aliphatic heterocycles. The van der Waals surface area contributed by atoms with Gasteiger partial charge in [-0.2, -0.15) is 0 Å². The number of ether oxygens (including phenoxy) is 1. The Bertz CT molecular complexity index is 571. The van der Waals surface area contributed by atoms with E-state index in [1.54, 1.807) is 13.3 Å². The molecule has 2 rings (SSSR count). The Balaban J connectivity index is 2.44. The molecular formula is C16H23N3O. The maximum absolute atomic E-state index is 6.37. The molecule has 4 nitrogen and oxygen atoms in total. The second-order valence-corrected chi connectivity index (χ2v) is 5.04. The Morgan fingerprint density at radius 3 is 2.85 bits per heavy atom. The lowest BCUT2D eigenvalue weighted by Gasteiger charge is -2.32. The minimum Gasteiger partial charge on any atom is -0.397 e. The summed E-state index contributed by atoms with van der Waals surface area (Å²) in [4.78, 5) is 6.46. The molecule has 1 unspecified atom stereocenters. The summed E-state index contributed by atoms with van der Waals surface area (Å²) in [5.41, 5.74) is 8.27. The van der Waals surface area contributed by atoms with E-state index >= 15 is 0 Å². The first-order valence-electron chi connectivity index (χ1n) is 7.06. The maximum Gasteiger partial charge on any atom is 0.0637 e. The van der Waals surface area contributed by atoms with E-state index in [0.717, 1.165) is 35.1 Å². The van der Waals surface area contributed by atoms with Crippen molar-refractivity contribution in [3.63, 3.8) is 0 Å². The first kappa shape index (κ1) is 14.6. The molecule has 4 heteroatoms. The average Bonchev–Trinajstić information content (AvgIpc) is 2.49. The molecule has 2 aromatic rings. The second kappa shape index (κ2) is 6.57. The predicted octanol–water partition coefficient (Wildman–Crippen LogP) is 3.07. The van der Waals surface area contributed by atoms with Crippen molar-refractivity contribution in [1.82, 2.24) is 4.98 Å². The number of hydrogen-bond donors (Lipinski definition) is 1. The van der Waals surface area contributed by atoms with E-state index in [4.69, 9.17) is 10.5 Å². The summed E-state index contributed by atoms with van der Waals surface area (Å²) in [5.74, 6) is 0. The van der Waals surface area contributed by atoms with Gasteiger partial charge in [0.25, 0.3) is 0 Å². The van der Waals surface area contributed by atoms with E-state index in [1.807, 2.05) is 12.3 Å². The number of nitrogen functional groups attached to an aromatic ring is 1. The summed E-state index contributed by atoms with van der Waals surface area (Å²) in [6.45, 7) is 5.93. The van der Waals surface area contributed by atoms with Gasteiger partial charge in [-0.1, -0.05) is 13.0 Å². The van der Waals surface area contributed by atoms with E-state index in [-0.39, 0.29) is 0 Å². The molecule has 0 saturated heterocycles. The molecule has 0 bridgehead atoms.